The van der Waals surface area contributed by atoms with Crippen LogP contribution in [0.25, 0.3) is 0 Å². The molecule has 122 valence electrons. The van der Waals surface area contributed by atoms with E-state index in [9.17, 15) is 9.59 Å². The summed E-state index contributed by atoms with van der Waals surface area (Å²) in [4.78, 5) is 23.3. The second-order valence-corrected chi connectivity index (χ2v) is 5.73. The third-order valence-electron chi connectivity index (χ3n) is 3.46. The van der Waals surface area contributed by atoms with E-state index in [-0.39, 0.29) is 11.8 Å². The summed E-state index contributed by atoms with van der Waals surface area (Å²) < 4.78 is 1.61. The van der Waals surface area contributed by atoms with Crippen molar-refractivity contribution in [1.82, 2.24) is 9.78 Å². The van der Waals surface area contributed by atoms with E-state index < -0.39 is 6.04 Å². The highest BCUT2D eigenvalue weighted by molar-refractivity contribution is 6.31. The third kappa shape index (κ3) is 3.90. The lowest BCUT2D eigenvalue weighted by Gasteiger charge is -2.15. The Morgan fingerprint density at radius 1 is 1.13 bits per heavy atom. The molecule has 1 atom stereocenters. The molecular formula is C16H19ClN4O2. The summed E-state index contributed by atoms with van der Waals surface area (Å²) in [7, 11) is 0. The molecule has 1 aromatic carbocycles. The van der Waals surface area contributed by atoms with Crippen LogP contribution in [0, 0.1) is 13.8 Å². The maximum absolute atomic E-state index is 12.4. The first-order chi connectivity index (χ1) is 10.8. The first-order valence-electron chi connectivity index (χ1n) is 7.19. The highest BCUT2D eigenvalue weighted by Crippen LogP contribution is 2.23. The minimum Gasteiger partial charge on any atom is -0.326 e. The zero-order valence-corrected chi connectivity index (χ0v) is 14.2. The lowest BCUT2D eigenvalue weighted by atomic mass is 10.2. The number of anilines is 2. The van der Waals surface area contributed by atoms with Crippen molar-refractivity contribution in [3.05, 3.63) is 40.7 Å². The van der Waals surface area contributed by atoms with Gasteiger partial charge in [-0.2, -0.15) is 5.10 Å². The van der Waals surface area contributed by atoms with Gasteiger partial charge in [-0.05, 0) is 45.0 Å². The normalized spacial score (nSPS) is 11.9. The molecule has 0 aliphatic rings. The Hall–Kier alpha value is -2.34. The number of rotatable bonds is 4. The topological polar surface area (TPSA) is 76.0 Å². The van der Waals surface area contributed by atoms with Gasteiger partial charge < -0.3 is 10.6 Å². The maximum atomic E-state index is 12.4. The number of carbonyl (C=O) groups is 2. The molecule has 0 saturated carbocycles. The molecule has 7 heteroatoms. The highest BCUT2D eigenvalue weighted by atomic mass is 35.5. The third-order valence-corrected chi connectivity index (χ3v) is 4.00. The van der Waals surface area contributed by atoms with Gasteiger partial charge in [0, 0.05) is 18.3 Å². The summed E-state index contributed by atoms with van der Waals surface area (Å²) in [6, 6.07) is 6.41. The van der Waals surface area contributed by atoms with Gasteiger partial charge in [0.15, 0.2) is 0 Å². The molecule has 0 radical (unpaired) electrons. The summed E-state index contributed by atoms with van der Waals surface area (Å²) in [5.41, 5.74) is 2.77. The van der Waals surface area contributed by atoms with Crippen molar-refractivity contribution in [3.8, 4) is 0 Å². The van der Waals surface area contributed by atoms with Crippen molar-refractivity contribution >= 4 is 34.8 Å². The Labute approximate surface area is 139 Å². The molecule has 6 nitrogen and oxygen atoms in total. The zero-order valence-electron chi connectivity index (χ0n) is 13.5. The zero-order chi connectivity index (χ0) is 17.1. The van der Waals surface area contributed by atoms with Crippen molar-refractivity contribution in [2.24, 2.45) is 0 Å². The molecule has 2 rings (SSSR count). The fraction of sp³-hybridized carbons (Fsp3) is 0.312. The fourth-order valence-corrected chi connectivity index (χ4v) is 2.34. The second-order valence-electron chi connectivity index (χ2n) is 5.35. The average molecular weight is 335 g/mol. The summed E-state index contributed by atoms with van der Waals surface area (Å²) in [5, 5.41) is 10.4. The molecular weight excluding hydrogens is 316 g/mol. The molecule has 0 bridgehead atoms. The molecule has 2 N–H and O–H groups in total. The van der Waals surface area contributed by atoms with Crippen LogP contribution in [-0.4, -0.2) is 21.6 Å². The molecule has 23 heavy (non-hydrogen) atoms. The Kier molecular flexibility index (Phi) is 5.05. The van der Waals surface area contributed by atoms with E-state index in [1.807, 2.05) is 6.92 Å². The number of halogens is 1. The van der Waals surface area contributed by atoms with Crippen molar-refractivity contribution in [2.75, 3.05) is 10.6 Å². The molecule has 0 aliphatic heterocycles. The molecule has 2 aromatic rings. The predicted octanol–water partition coefficient (Wildman–Crippen LogP) is 3.31. The molecule has 0 saturated heterocycles. The lowest BCUT2D eigenvalue weighted by Crippen LogP contribution is -2.25. The number of aromatic nitrogens is 2. The Morgan fingerprint density at radius 3 is 2.09 bits per heavy atom. The number of benzene rings is 1. The van der Waals surface area contributed by atoms with Crippen LogP contribution in [0.1, 0.15) is 31.3 Å². The fourth-order valence-electron chi connectivity index (χ4n) is 2.22. The summed E-state index contributed by atoms with van der Waals surface area (Å²) in [6.45, 7) is 6.83. The van der Waals surface area contributed by atoms with E-state index in [4.69, 9.17) is 11.6 Å². The molecule has 0 aliphatic carbocycles. The van der Waals surface area contributed by atoms with Gasteiger partial charge in [0.25, 0.3) is 0 Å². The smallest absolute Gasteiger partial charge is 0.248 e. The number of aryl methyl sites for hydroxylation is 1. The van der Waals surface area contributed by atoms with Crippen molar-refractivity contribution in [3.63, 3.8) is 0 Å². The largest absolute Gasteiger partial charge is 0.326 e. The first-order valence-corrected chi connectivity index (χ1v) is 7.57. The molecule has 0 fully saturated rings. The van der Waals surface area contributed by atoms with Crippen LogP contribution in [0.3, 0.4) is 0 Å². The molecule has 1 unspecified atom stereocenters. The number of nitrogens with zero attached hydrogens (tertiary/aromatic N) is 2. The second kappa shape index (κ2) is 6.83. The predicted molar refractivity (Wildman–Crippen MR) is 90.8 cm³/mol. The SMILES string of the molecule is CC(=O)Nc1ccc(NC(=O)C(C)n2nc(C)c(Cl)c2C)cc1. The number of hydrogen-bond acceptors (Lipinski definition) is 3. The number of amides is 2. The van der Waals surface area contributed by atoms with Crippen LogP contribution in [-0.2, 0) is 9.59 Å². The standard InChI is InChI=1S/C16H19ClN4O2/c1-9-15(17)10(2)21(20-9)11(3)16(23)19-14-7-5-13(6-8-14)18-12(4)22/h5-8,11H,1-4H3,(H,18,22)(H,19,23). The quantitative estimate of drug-likeness (QED) is 0.900. The Bertz CT molecular complexity index is 737. The van der Waals surface area contributed by atoms with Gasteiger partial charge in [-0.3, -0.25) is 14.3 Å². The number of nitrogens with one attached hydrogen (secondary N) is 2. The number of carbonyl (C=O) groups excluding carboxylic acids is 2. The van der Waals surface area contributed by atoms with E-state index >= 15 is 0 Å². The Balaban J connectivity index is 2.09. The highest BCUT2D eigenvalue weighted by Gasteiger charge is 2.20. The maximum Gasteiger partial charge on any atom is 0.248 e. The van der Waals surface area contributed by atoms with Crippen LogP contribution < -0.4 is 10.6 Å². The van der Waals surface area contributed by atoms with E-state index in [1.54, 1.807) is 42.8 Å². The van der Waals surface area contributed by atoms with Gasteiger partial charge in [-0.25, -0.2) is 0 Å². The van der Waals surface area contributed by atoms with Crippen LogP contribution in [0.4, 0.5) is 11.4 Å². The van der Waals surface area contributed by atoms with Crippen LogP contribution >= 0.6 is 11.6 Å². The van der Waals surface area contributed by atoms with E-state index in [0.717, 1.165) is 5.69 Å². The van der Waals surface area contributed by atoms with Gasteiger partial charge in [0.2, 0.25) is 11.8 Å². The van der Waals surface area contributed by atoms with Crippen molar-refractivity contribution in [1.29, 1.82) is 0 Å². The van der Waals surface area contributed by atoms with E-state index in [2.05, 4.69) is 15.7 Å². The monoisotopic (exact) mass is 334 g/mol. The van der Waals surface area contributed by atoms with Crippen LogP contribution in [0.15, 0.2) is 24.3 Å². The van der Waals surface area contributed by atoms with Crippen LogP contribution in [0.2, 0.25) is 5.02 Å². The van der Waals surface area contributed by atoms with E-state index in [1.165, 1.54) is 6.92 Å². The van der Waals surface area contributed by atoms with E-state index in [0.29, 0.717) is 22.1 Å². The summed E-state index contributed by atoms with van der Waals surface area (Å²) >= 11 is 6.12. The van der Waals surface area contributed by atoms with Gasteiger partial charge in [0.1, 0.15) is 6.04 Å². The molecule has 2 amide bonds. The van der Waals surface area contributed by atoms with Gasteiger partial charge in [-0.15, -0.1) is 0 Å². The summed E-state index contributed by atoms with van der Waals surface area (Å²) in [5.74, 6) is -0.337. The lowest BCUT2D eigenvalue weighted by molar-refractivity contribution is -0.119. The minimum absolute atomic E-state index is 0.142. The van der Waals surface area contributed by atoms with Gasteiger partial charge >= 0.3 is 0 Å². The summed E-state index contributed by atoms with van der Waals surface area (Å²) in [6.07, 6.45) is 0. The van der Waals surface area contributed by atoms with Gasteiger partial charge in [-0.1, -0.05) is 11.6 Å². The molecule has 0 spiro atoms. The van der Waals surface area contributed by atoms with Gasteiger partial charge in [0.05, 0.1) is 16.4 Å². The van der Waals surface area contributed by atoms with Crippen molar-refractivity contribution < 1.29 is 9.59 Å². The van der Waals surface area contributed by atoms with Crippen LogP contribution in [0.5, 0.6) is 0 Å². The average Bonchev–Trinajstić information content (AvgIpc) is 2.75. The molecule has 1 aromatic heterocycles. The minimum atomic E-state index is -0.490. The Morgan fingerprint density at radius 2 is 1.65 bits per heavy atom. The number of hydrogen-bond donors (Lipinski definition) is 2. The first kappa shape index (κ1) is 17.0. The van der Waals surface area contributed by atoms with Crippen molar-refractivity contribution in [2.45, 2.75) is 33.7 Å². The molecule has 1 heterocycles.